The van der Waals surface area contributed by atoms with Crippen molar-refractivity contribution in [1.29, 1.82) is 0 Å². The van der Waals surface area contributed by atoms with Crippen LogP contribution in [0.1, 0.15) is 12.0 Å². The highest BCUT2D eigenvalue weighted by Crippen LogP contribution is 2.67. The summed E-state index contributed by atoms with van der Waals surface area (Å²) in [6.45, 7) is 0. The van der Waals surface area contributed by atoms with Crippen LogP contribution in [0.15, 0.2) is 42.5 Å². The van der Waals surface area contributed by atoms with Gasteiger partial charge in [0.1, 0.15) is 0 Å². The van der Waals surface area contributed by atoms with Gasteiger partial charge in [-0.2, -0.15) is 13.2 Å². The Morgan fingerprint density at radius 3 is 2.37 bits per heavy atom. The fourth-order valence-corrected chi connectivity index (χ4v) is 4.06. The molecule has 0 radical (unpaired) electrons. The lowest BCUT2D eigenvalue weighted by atomic mass is 9.67. The Hall–Kier alpha value is -1.29. The second-order valence-corrected chi connectivity index (χ2v) is 5.66. The maximum absolute atomic E-state index is 13.7. The van der Waals surface area contributed by atoms with E-state index in [1.165, 1.54) is 12.1 Å². The highest BCUT2D eigenvalue weighted by atomic mass is 19.4. The van der Waals surface area contributed by atoms with Crippen LogP contribution in [0.3, 0.4) is 0 Å². The van der Waals surface area contributed by atoms with Gasteiger partial charge >= 0.3 is 6.18 Å². The molecule has 1 nitrogen and oxygen atoms in total. The van der Waals surface area contributed by atoms with Crippen molar-refractivity contribution in [3.63, 3.8) is 0 Å². The molecule has 0 amide bonds. The Kier molecular flexibility index (Phi) is 2.08. The van der Waals surface area contributed by atoms with E-state index in [1.807, 2.05) is 12.2 Å². The Morgan fingerprint density at radius 2 is 1.74 bits per heavy atom. The van der Waals surface area contributed by atoms with Gasteiger partial charge in [0.15, 0.2) is 5.60 Å². The fourth-order valence-electron chi connectivity index (χ4n) is 4.06. The highest BCUT2D eigenvalue weighted by molar-refractivity contribution is 5.35. The Labute approximate surface area is 109 Å². The van der Waals surface area contributed by atoms with Crippen LogP contribution in [0.25, 0.3) is 0 Å². The van der Waals surface area contributed by atoms with Crippen molar-refractivity contribution in [3.05, 3.63) is 48.0 Å². The third-order valence-electron chi connectivity index (χ3n) is 4.80. The zero-order chi connectivity index (χ0) is 13.3. The molecule has 1 saturated carbocycles. The number of rotatable bonds is 1. The molecule has 100 valence electrons. The monoisotopic (exact) mass is 266 g/mol. The van der Waals surface area contributed by atoms with Gasteiger partial charge in [0.25, 0.3) is 0 Å². The molecule has 1 saturated heterocycles. The van der Waals surface area contributed by atoms with E-state index < -0.39 is 17.7 Å². The molecule has 19 heavy (non-hydrogen) atoms. The first kappa shape index (κ1) is 11.5. The molecule has 3 aliphatic rings. The average Bonchev–Trinajstić information content (AvgIpc) is 2.86. The zero-order valence-corrected chi connectivity index (χ0v) is 10.1. The lowest BCUT2D eigenvalue weighted by Crippen LogP contribution is -2.66. The van der Waals surface area contributed by atoms with Gasteiger partial charge in [-0.25, -0.2) is 0 Å². The van der Waals surface area contributed by atoms with Gasteiger partial charge in [-0.1, -0.05) is 42.5 Å². The van der Waals surface area contributed by atoms with E-state index in [0.717, 1.165) is 6.42 Å². The maximum Gasteiger partial charge on any atom is 0.422 e. The van der Waals surface area contributed by atoms with Gasteiger partial charge in [0, 0.05) is 11.8 Å². The summed E-state index contributed by atoms with van der Waals surface area (Å²) in [6, 6.07) is 8.06. The van der Waals surface area contributed by atoms with Gasteiger partial charge in [0.2, 0.25) is 0 Å². The van der Waals surface area contributed by atoms with E-state index in [0.29, 0.717) is 0 Å². The van der Waals surface area contributed by atoms with Gasteiger partial charge in [0.05, 0.1) is 6.10 Å². The second kappa shape index (κ2) is 3.42. The Bertz CT molecular complexity index is 536. The molecular formula is C15H13F3O. The molecule has 1 aliphatic heterocycles. The molecule has 1 aromatic carbocycles. The molecule has 4 rings (SSSR count). The predicted octanol–water partition coefficient (Wildman–Crippen LogP) is 3.67. The minimum absolute atomic E-state index is 0.00517. The smallest absolute Gasteiger partial charge is 0.356 e. The number of halogens is 3. The quantitative estimate of drug-likeness (QED) is 0.705. The normalized spacial score (nSPS) is 43.1. The third kappa shape index (κ3) is 1.25. The first-order valence-corrected chi connectivity index (χ1v) is 6.52. The van der Waals surface area contributed by atoms with Crippen LogP contribution >= 0.6 is 0 Å². The molecule has 1 aromatic rings. The highest BCUT2D eigenvalue weighted by Gasteiger charge is 2.76. The summed E-state index contributed by atoms with van der Waals surface area (Å²) >= 11 is 0. The third-order valence-corrected chi connectivity index (χ3v) is 4.80. The number of alkyl halides is 3. The summed E-state index contributed by atoms with van der Waals surface area (Å²) in [5, 5.41) is 0. The van der Waals surface area contributed by atoms with Gasteiger partial charge in [-0.05, 0) is 17.9 Å². The van der Waals surface area contributed by atoms with E-state index in [9.17, 15) is 13.2 Å². The zero-order valence-electron chi connectivity index (χ0n) is 10.1. The molecule has 2 fully saturated rings. The van der Waals surface area contributed by atoms with Gasteiger partial charge in [-0.3, -0.25) is 0 Å². The lowest BCUT2D eigenvalue weighted by Gasteiger charge is -2.56. The van der Waals surface area contributed by atoms with E-state index in [4.69, 9.17) is 4.74 Å². The van der Waals surface area contributed by atoms with E-state index in [2.05, 4.69) is 0 Å². The summed E-state index contributed by atoms with van der Waals surface area (Å²) in [6.07, 6.45) is 0.139. The van der Waals surface area contributed by atoms with Crippen molar-refractivity contribution in [2.45, 2.75) is 24.3 Å². The Balaban J connectivity index is 1.83. The van der Waals surface area contributed by atoms with Gasteiger partial charge < -0.3 is 4.74 Å². The van der Waals surface area contributed by atoms with Crippen molar-refractivity contribution in [2.75, 3.05) is 0 Å². The molecule has 2 aliphatic carbocycles. The Morgan fingerprint density at radius 1 is 1.05 bits per heavy atom. The van der Waals surface area contributed by atoms with Crippen LogP contribution in [0.2, 0.25) is 0 Å². The van der Waals surface area contributed by atoms with Crippen LogP contribution in [0.4, 0.5) is 13.2 Å². The molecule has 5 atom stereocenters. The first-order valence-electron chi connectivity index (χ1n) is 6.52. The van der Waals surface area contributed by atoms with Crippen LogP contribution in [-0.2, 0) is 10.3 Å². The number of allylic oxidation sites excluding steroid dienone is 1. The van der Waals surface area contributed by atoms with Crippen molar-refractivity contribution in [1.82, 2.24) is 0 Å². The van der Waals surface area contributed by atoms with Crippen LogP contribution in [0, 0.1) is 17.8 Å². The summed E-state index contributed by atoms with van der Waals surface area (Å²) in [5.74, 6) is -0.273. The summed E-state index contributed by atoms with van der Waals surface area (Å²) in [7, 11) is 0. The first-order chi connectivity index (χ1) is 9.04. The molecule has 0 spiro atoms. The minimum Gasteiger partial charge on any atom is -0.356 e. The SMILES string of the molecule is FC(F)(F)C1(c2ccccc2)OC2C3C=CC(C3)C21. The molecule has 2 bridgehead atoms. The van der Waals surface area contributed by atoms with Crippen molar-refractivity contribution in [3.8, 4) is 0 Å². The van der Waals surface area contributed by atoms with E-state index in [1.54, 1.807) is 18.2 Å². The topological polar surface area (TPSA) is 9.23 Å². The fraction of sp³-hybridized carbons (Fsp3) is 0.467. The molecule has 0 aromatic heterocycles. The maximum atomic E-state index is 13.7. The summed E-state index contributed by atoms with van der Waals surface area (Å²) in [5.41, 5.74) is -1.85. The van der Waals surface area contributed by atoms with Crippen LogP contribution < -0.4 is 0 Å². The number of benzene rings is 1. The van der Waals surface area contributed by atoms with Crippen LogP contribution in [0.5, 0.6) is 0 Å². The van der Waals surface area contributed by atoms with E-state index in [-0.39, 0.29) is 23.5 Å². The number of fused-ring (bicyclic) bond motifs is 5. The molecular weight excluding hydrogens is 253 g/mol. The standard InChI is InChI=1S/C15H13F3O/c16-15(17,18)14(11-4-2-1-3-5-11)12-9-6-7-10(8-9)13(12)19-14/h1-7,9-10,12-13H,8H2. The summed E-state index contributed by atoms with van der Waals surface area (Å²) in [4.78, 5) is 0. The lowest BCUT2D eigenvalue weighted by molar-refractivity contribution is -0.394. The van der Waals surface area contributed by atoms with Crippen molar-refractivity contribution >= 4 is 0 Å². The minimum atomic E-state index is -4.37. The van der Waals surface area contributed by atoms with Crippen molar-refractivity contribution in [2.24, 2.45) is 17.8 Å². The number of ether oxygens (including phenoxy) is 1. The average molecular weight is 266 g/mol. The predicted molar refractivity (Wildman–Crippen MR) is 63.3 cm³/mol. The van der Waals surface area contributed by atoms with Crippen LogP contribution in [-0.4, -0.2) is 12.3 Å². The van der Waals surface area contributed by atoms with Gasteiger partial charge in [-0.15, -0.1) is 0 Å². The molecule has 0 N–H and O–H groups in total. The number of hydrogen-bond donors (Lipinski definition) is 0. The summed E-state index contributed by atoms with van der Waals surface area (Å²) < 4.78 is 46.4. The molecule has 5 unspecified atom stereocenters. The van der Waals surface area contributed by atoms with E-state index >= 15 is 0 Å². The number of hydrogen-bond acceptors (Lipinski definition) is 1. The second-order valence-electron chi connectivity index (χ2n) is 5.66. The molecule has 4 heteroatoms. The van der Waals surface area contributed by atoms with Crippen molar-refractivity contribution < 1.29 is 17.9 Å². The molecule has 1 heterocycles. The largest absolute Gasteiger partial charge is 0.422 e.